The predicted octanol–water partition coefficient (Wildman–Crippen LogP) is 4.76. The third kappa shape index (κ3) is 2.83. The van der Waals surface area contributed by atoms with Crippen LogP contribution in [-0.4, -0.2) is 9.97 Å². The summed E-state index contributed by atoms with van der Waals surface area (Å²) in [6.07, 6.45) is 0. The minimum atomic E-state index is -0.0294. The van der Waals surface area contributed by atoms with Crippen LogP contribution in [0.15, 0.2) is 34.0 Å². The number of H-pyrrole nitrogens is 1. The van der Waals surface area contributed by atoms with Gasteiger partial charge in [0.05, 0.1) is 10.6 Å². The van der Waals surface area contributed by atoms with Crippen LogP contribution in [0.25, 0.3) is 10.2 Å². The second-order valence-corrected chi connectivity index (χ2v) is 8.11. The highest BCUT2D eigenvalue weighted by Crippen LogP contribution is 2.34. The Hall–Kier alpha value is -1.59. The van der Waals surface area contributed by atoms with Gasteiger partial charge in [-0.3, -0.25) is 4.79 Å². The molecule has 0 aliphatic rings. The van der Waals surface area contributed by atoms with Crippen molar-refractivity contribution in [3.8, 4) is 0 Å². The number of nitrogens with zero attached hydrogens (tertiary/aromatic N) is 1. The molecule has 2 aromatic heterocycles. The lowest BCUT2D eigenvalue weighted by Crippen LogP contribution is -2.12. The minimum Gasteiger partial charge on any atom is -0.309 e. The lowest BCUT2D eigenvalue weighted by atomic mass is 10.2. The molecule has 0 saturated carbocycles. The van der Waals surface area contributed by atoms with E-state index in [2.05, 4.69) is 48.1 Å². The van der Waals surface area contributed by atoms with Crippen LogP contribution in [0.3, 0.4) is 0 Å². The van der Waals surface area contributed by atoms with Crippen LogP contribution in [0.5, 0.6) is 0 Å². The van der Waals surface area contributed by atoms with Crippen molar-refractivity contribution in [2.24, 2.45) is 0 Å². The molecule has 22 heavy (non-hydrogen) atoms. The van der Waals surface area contributed by atoms with Gasteiger partial charge in [0.2, 0.25) is 0 Å². The molecule has 0 aliphatic heterocycles. The molecule has 0 bridgehead atoms. The molecule has 1 aromatic carbocycles. The van der Waals surface area contributed by atoms with Crippen LogP contribution >= 0.6 is 23.1 Å². The fourth-order valence-corrected chi connectivity index (χ4v) is 4.30. The van der Waals surface area contributed by atoms with Crippen molar-refractivity contribution < 1.29 is 0 Å². The van der Waals surface area contributed by atoms with Crippen LogP contribution in [0.2, 0.25) is 0 Å². The Morgan fingerprint density at radius 3 is 2.55 bits per heavy atom. The Kier molecular flexibility index (Phi) is 4.10. The van der Waals surface area contributed by atoms with Crippen molar-refractivity contribution >= 4 is 33.3 Å². The smallest absolute Gasteiger partial charge is 0.259 e. The molecule has 2 heterocycles. The van der Waals surface area contributed by atoms with Crippen LogP contribution in [0, 0.1) is 20.8 Å². The van der Waals surface area contributed by atoms with Gasteiger partial charge in [0.15, 0.2) is 0 Å². The second kappa shape index (κ2) is 5.89. The summed E-state index contributed by atoms with van der Waals surface area (Å²) in [5, 5.41) is 0.835. The van der Waals surface area contributed by atoms with E-state index in [1.165, 1.54) is 10.5 Å². The number of benzene rings is 1. The molecule has 3 nitrogen and oxygen atoms in total. The number of aromatic nitrogens is 2. The molecule has 3 aromatic rings. The van der Waals surface area contributed by atoms with Crippen molar-refractivity contribution in [3.05, 3.63) is 56.4 Å². The maximum atomic E-state index is 12.3. The largest absolute Gasteiger partial charge is 0.309 e. The summed E-state index contributed by atoms with van der Waals surface area (Å²) < 4.78 is 0. The Balaban J connectivity index is 1.95. The Morgan fingerprint density at radius 1 is 1.18 bits per heavy atom. The van der Waals surface area contributed by atoms with Gasteiger partial charge in [0, 0.05) is 9.77 Å². The molecule has 0 aliphatic carbocycles. The summed E-state index contributed by atoms with van der Waals surface area (Å²) in [5.74, 6) is 0.740. The van der Waals surface area contributed by atoms with Crippen LogP contribution in [0.4, 0.5) is 0 Å². The highest BCUT2D eigenvalue weighted by Gasteiger charge is 2.16. The first-order valence-corrected chi connectivity index (χ1v) is 8.88. The summed E-state index contributed by atoms with van der Waals surface area (Å²) in [6, 6.07) is 8.40. The van der Waals surface area contributed by atoms with E-state index >= 15 is 0 Å². The van der Waals surface area contributed by atoms with Crippen molar-refractivity contribution in [1.29, 1.82) is 0 Å². The molecule has 0 spiro atoms. The average Bonchev–Trinajstić information content (AvgIpc) is 2.77. The van der Waals surface area contributed by atoms with Crippen LogP contribution in [-0.2, 0) is 0 Å². The van der Waals surface area contributed by atoms with Gasteiger partial charge >= 0.3 is 0 Å². The Morgan fingerprint density at radius 2 is 1.86 bits per heavy atom. The topological polar surface area (TPSA) is 45.8 Å². The summed E-state index contributed by atoms with van der Waals surface area (Å²) in [4.78, 5) is 23.1. The first-order valence-electron chi connectivity index (χ1n) is 7.19. The summed E-state index contributed by atoms with van der Waals surface area (Å²) in [5.41, 5.74) is 2.26. The van der Waals surface area contributed by atoms with Crippen molar-refractivity contribution in [2.75, 3.05) is 0 Å². The number of hydrogen-bond donors (Lipinski definition) is 1. The molecule has 1 atom stereocenters. The van der Waals surface area contributed by atoms with Crippen LogP contribution in [0.1, 0.15) is 34.0 Å². The third-order valence-corrected chi connectivity index (χ3v) is 6.00. The predicted molar refractivity (Wildman–Crippen MR) is 95.2 cm³/mol. The van der Waals surface area contributed by atoms with Gasteiger partial charge in [-0.1, -0.05) is 17.7 Å². The number of thiophene rings is 1. The van der Waals surface area contributed by atoms with Gasteiger partial charge in [-0.05, 0) is 45.4 Å². The van der Waals surface area contributed by atoms with E-state index in [1.54, 1.807) is 23.1 Å². The van der Waals surface area contributed by atoms with Crippen LogP contribution < -0.4 is 5.56 Å². The van der Waals surface area contributed by atoms with Gasteiger partial charge in [0.25, 0.3) is 5.56 Å². The third-order valence-electron chi connectivity index (χ3n) is 3.78. The first kappa shape index (κ1) is 15.3. The molecule has 3 rings (SSSR count). The highest BCUT2D eigenvalue weighted by atomic mass is 32.2. The monoisotopic (exact) mass is 330 g/mol. The van der Waals surface area contributed by atoms with Crippen molar-refractivity contribution in [3.63, 3.8) is 0 Å². The number of aryl methyl sites for hydroxylation is 3. The van der Waals surface area contributed by atoms with E-state index < -0.39 is 0 Å². The maximum Gasteiger partial charge on any atom is 0.259 e. The number of fused-ring (bicyclic) bond motifs is 1. The summed E-state index contributed by atoms with van der Waals surface area (Å²) in [7, 11) is 0. The zero-order valence-corrected chi connectivity index (χ0v) is 14.7. The number of hydrogen-bond acceptors (Lipinski definition) is 4. The van der Waals surface area contributed by atoms with E-state index in [4.69, 9.17) is 0 Å². The molecule has 0 unspecified atom stereocenters. The number of rotatable bonds is 3. The zero-order chi connectivity index (χ0) is 15.9. The number of thioether (sulfide) groups is 1. The van der Waals surface area contributed by atoms with Crippen molar-refractivity contribution in [2.45, 2.75) is 37.8 Å². The van der Waals surface area contributed by atoms with Gasteiger partial charge in [0.1, 0.15) is 10.7 Å². The fraction of sp³-hybridized carbons (Fsp3) is 0.294. The number of aromatic amines is 1. The van der Waals surface area contributed by atoms with E-state index in [9.17, 15) is 4.79 Å². The Bertz CT molecular complexity index is 878. The van der Waals surface area contributed by atoms with Gasteiger partial charge in [-0.15, -0.1) is 23.1 Å². The summed E-state index contributed by atoms with van der Waals surface area (Å²) >= 11 is 3.30. The van der Waals surface area contributed by atoms with Gasteiger partial charge in [-0.2, -0.15) is 0 Å². The molecule has 114 valence electrons. The van der Waals surface area contributed by atoms with E-state index in [0.29, 0.717) is 0 Å². The molecule has 0 radical (unpaired) electrons. The summed E-state index contributed by atoms with van der Waals surface area (Å²) in [6.45, 7) is 8.16. The molecule has 1 N–H and O–H groups in total. The normalized spacial score (nSPS) is 12.7. The average molecular weight is 330 g/mol. The number of nitrogens with one attached hydrogen (secondary N) is 1. The quantitative estimate of drug-likeness (QED) is 0.704. The molecular formula is C17H18N2OS2. The first-order chi connectivity index (χ1) is 10.5. The minimum absolute atomic E-state index is 0.0294. The molecule has 5 heteroatoms. The lowest BCUT2D eigenvalue weighted by molar-refractivity contribution is 0.925. The van der Waals surface area contributed by atoms with Gasteiger partial charge in [-0.25, -0.2) is 4.98 Å². The molecule has 0 fully saturated rings. The molecule has 0 amide bonds. The highest BCUT2D eigenvalue weighted by molar-refractivity contribution is 7.99. The van der Waals surface area contributed by atoms with Gasteiger partial charge < -0.3 is 4.98 Å². The zero-order valence-electron chi connectivity index (χ0n) is 13.1. The van der Waals surface area contributed by atoms with Crippen molar-refractivity contribution in [1.82, 2.24) is 9.97 Å². The van der Waals surface area contributed by atoms with E-state index in [0.717, 1.165) is 26.5 Å². The Labute approximate surface area is 137 Å². The van der Waals surface area contributed by atoms with E-state index in [-0.39, 0.29) is 10.8 Å². The lowest BCUT2D eigenvalue weighted by Gasteiger charge is -2.10. The fourth-order valence-electron chi connectivity index (χ4n) is 2.34. The molecular weight excluding hydrogens is 312 g/mol. The molecule has 0 saturated heterocycles. The SMILES string of the molecule is Cc1ccc(S[C@H](C)c2nc3sc(C)c(C)c3c(=O)[nH]2)cc1. The standard InChI is InChI=1S/C17H18N2OS2/c1-9-5-7-13(8-6-9)21-12(4)15-18-16(20)14-10(2)11(3)22-17(14)19-15/h5-8,12H,1-4H3,(H,18,19,20)/t12-/m1/s1. The van der Waals surface area contributed by atoms with E-state index in [1.807, 2.05) is 13.8 Å². The maximum absolute atomic E-state index is 12.3. The second-order valence-electron chi connectivity index (χ2n) is 5.49.